The molecular weight excluding hydrogens is 294 g/mol. The van der Waals surface area contributed by atoms with E-state index in [1.807, 2.05) is 42.6 Å². The van der Waals surface area contributed by atoms with Crippen LogP contribution in [0.2, 0.25) is 0 Å². The number of hydrogen-bond donors (Lipinski definition) is 2. The largest absolute Gasteiger partial charge is 0.370 e. The summed E-state index contributed by atoms with van der Waals surface area (Å²) in [4.78, 5) is 15.7. The molecule has 1 saturated heterocycles. The van der Waals surface area contributed by atoms with Crippen molar-refractivity contribution >= 4 is 28.7 Å². The normalized spacial score (nSPS) is 15.6. The van der Waals surface area contributed by atoms with Crippen LogP contribution >= 0.6 is 11.3 Å². The minimum absolute atomic E-state index is 0.0129. The summed E-state index contributed by atoms with van der Waals surface area (Å²) in [6, 6.07) is 11.9. The molecule has 0 bridgehead atoms. The van der Waals surface area contributed by atoms with Gasteiger partial charge in [0.15, 0.2) is 0 Å². The van der Waals surface area contributed by atoms with Crippen molar-refractivity contribution in [3.63, 3.8) is 0 Å². The van der Waals surface area contributed by atoms with Crippen LogP contribution in [-0.2, 0) is 0 Å². The number of carbonyl (C=O) groups is 1. The molecule has 1 aliphatic heterocycles. The van der Waals surface area contributed by atoms with Crippen molar-refractivity contribution < 1.29 is 4.79 Å². The van der Waals surface area contributed by atoms with Crippen LogP contribution in [0.25, 0.3) is 0 Å². The maximum Gasteiger partial charge on any atom is 0.319 e. The molecule has 0 spiro atoms. The van der Waals surface area contributed by atoms with Crippen molar-refractivity contribution in [3.8, 4) is 0 Å². The molecule has 1 fully saturated rings. The van der Waals surface area contributed by atoms with E-state index in [-0.39, 0.29) is 12.1 Å². The number of amides is 2. The van der Waals surface area contributed by atoms with E-state index in [0.717, 1.165) is 29.3 Å². The summed E-state index contributed by atoms with van der Waals surface area (Å²) in [5.74, 6) is 0. The van der Waals surface area contributed by atoms with Gasteiger partial charge < -0.3 is 15.5 Å². The van der Waals surface area contributed by atoms with Gasteiger partial charge in [-0.15, -0.1) is 11.3 Å². The van der Waals surface area contributed by atoms with E-state index in [2.05, 4.69) is 21.6 Å². The number of rotatable bonds is 4. The van der Waals surface area contributed by atoms with E-state index in [0.29, 0.717) is 0 Å². The molecule has 5 heteroatoms. The second kappa shape index (κ2) is 6.83. The third-order valence-electron chi connectivity index (χ3n) is 3.92. The van der Waals surface area contributed by atoms with Crippen molar-refractivity contribution in [2.75, 3.05) is 23.3 Å². The number of hydrogen-bond acceptors (Lipinski definition) is 3. The number of nitrogens with zero attached hydrogens (tertiary/aromatic N) is 1. The molecule has 2 aromatic rings. The SMILES string of the molecule is C[C@@H](NC(=O)Nc1ccccc1N1CCCC1)c1cccs1. The molecule has 1 aromatic carbocycles. The molecule has 2 amide bonds. The Bertz CT molecular complexity index is 621. The summed E-state index contributed by atoms with van der Waals surface area (Å²) in [5, 5.41) is 8.01. The first-order valence-electron chi connectivity index (χ1n) is 7.69. The van der Waals surface area contributed by atoms with E-state index in [1.54, 1.807) is 11.3 Å². The Morgan fingerprint density at radius 1 is 1.18 bits per heavy atom. The van der Waals surface area contributed by atoms with Crippen LogP contribution < -0.4 is 15.5 Å². The van der Waals surface area contributed by atoms with Crippen LogP contribution in [0.4, 0.5) is 16.2 Å². The highest BCUT2D eigenvalue weighted by Gasteiger charge is 2.17. The molecule has 0 saturated carbocycles. The lowest BCUT2D eigenvalue weighted by atomic mass is 10.2. The Hall–Kier alpha value is -2.01. The highest BCUT2D eigenvalue weighted by atomic mass is 32.1. The zero-order valence-electron chi connectivity index (χ0n) is 12.7. The monoisotopic (exact) mass is 315 g/mol. The number of carbonyl (C=O) groups excluding carboxylic acids is 1. The number of urea groups is 1. The van der Waals surface area contributed by atoms with Crippen LogP contribution in [0.3, 0.4) is 0 Å². The van der Waals surface area contributed by atoms with E-state index in [4.69, 9.17) is 0 Å². The molecule has 116 valence electrons. The molecule has 3 rings (SSSR count). The predicted molar refractivity (Wildman–Crippen MR) is 92.8 cm³/mol. The minimum Gasteiger partial charge on any atom is -0.370 e. The summed E-state index contributed by atoms with van der Waals surface area (Å²) in [5.41, 5.74) is 1.99. The first-order valence-corrected chi connectivity index (χ1v) is 8.57. The van der Waals surface area contributed by atoms with E-state index in [1.165, 1.54) is 12.8 Å². The quantitative estimate of drug-likeness (QED) is 0.886. The van der Waals surface area contributed by atoms with E-state index in [9.17, 15) is 4.79 Å². The van der Waals surface area contributed by atoms with Gasteiger partial charge in [-0.3, -0.25) is 0 Å². The molecule has 22 heavy (non-hydrogen) atoms. The van der Waals surface area contributed by atoms with Crippen molar-refractivity contribution in [1.29, 1.82) is 0 Å². The van der Waals surface area contributed by atoms with Gasteiger partial charge in [-0.25, -0.2) is 4.79 Å². The summed E-state index contributed by atoms with van der Waals surface area (Å²) in [7, 11) is 0. The fourth-order valence-electron chi connectivity index (χ4n) is 2.78. The molecule has 0 unspecified atom stereocenters. The highest BCUT2D eigenvalue weighted by Crippen LogP contribution is 2.28. The molecule has 2 N–H and O–H groups in total. The predicted octanol–water partition coefficient (Wildman–Crippen LogP) is 4.23. The van der Waals surface area contributed by atoms with Gasteiger partial charge >= 0.3 is 6.03 Å². The second-order valence-corrected chi connectivity index (χ2v) is 6.53. The second-order valence-electron chi connectivity index (χ2n) is 5.55. The molecule has 0 aliphatic carbocycles. The highest BCUT2D eigenvalue weighted by molar-refractivity contribution is 7.10. The lowest BCUT2D eigenvalue weighted by Crippen LogP contribution is -2.31. The molecule has 4 nitrogen and oxygen atoms in total. The standard InChI is InChI=1S/C17H21N3OS/c1-13(16-9-6-12-22-16)18-17(21)19-14-7-2-3-8-15(14)20-10-4-5-11-20/h2-3,6-9,12-13H,4-5,10-11H2,1H3,(H2,18,19,21)/t13-/m1/s1. The van der Waals surface area contributed by atoms with Gasteiger partial charge in [0.05, 0.1) is 17.4 Å². The van der Waals surface area contributed by atoms with Gasteiger partial charge in [-0.1, -0.05) is 18.2 Å². The number of thiophene rings is 1. The molecular formula is C17H21N3OS. The van der Waals surface area contributed by atoms with Crippen LogP contribution in [0.5, 0.6) is 0 Å². The van der Waals surface area contributed by atoms with Crippen LogP contribution in [0, 0.1) is 0 Å². The Morgan fingerprint density at radius 2 is 1.95 bits per heavy atom. The first-order chi connectivity index (χ1) is 10.7. The maximum absolute atomic E-state index is 12.2. The maximum atomic E-state index is 12.2. The Labute approximate surface area is 135 Å². The zero-order chi connectivity index (χ0) is 15.4. The van der Waals surface area contributed by atoms with Gasteiger partial charge in [0.25, 0.3) is 0 Å². The molecule has 1 aromatic heterocycles. The van der Waals surface area contributed by atoms with Crippen molar-refractivity contribution in [3.05, 3.63) is 46.7 Å². The van der Waals surface area contributed by atoms with E-state index >= 15 is 0 Å². The van der Waals surface area contributed by atoms with Gasteiger partial charge in [0.1, 0.15) is 0 Å². The van der Waals surface area contributed by atoms with Gasteiger partial charge in [0.2, 0.25) is 0 Å². The lowest BCUT2D eigenvalue weighted by Gasteiger charge is -2.22. The molecule has 1 aliphatic rings. The lowest BCUT2D eigenvalue weighted by molar-refractivity contribution is 0.249. The summed E-state index contributed by atoms with van der Waals surface area (Å²) < 4.78 is 0. The first kappa shape index (κ1) is 14.9. The van der Waals surface area contributed by atoms with Crippen LogP contribution in [0.15, 0.2) is 41.8 Å². The fraction of sp³-hybridized carbons (Fsp3) is 0.353. The van der Waals surface area contributed by atoms with Crippen molar-refractivity contribution in [2.45, 2.75) is 25.8 Å². The smallest absolute Gasteiger partial charge is 0.319 e. The number of benzene rings is 1. The Kier molecular flexibility index (Phi) is 4.63. The van der Waals surface area contributed by atoms with Crippen LogP contribution in [0.1, 0.15) is 30.7 Å². The topological polar surface area (TPSA) is 44.4 Å². The van der Waals surface area contributed by atoms with Crippen molar-refractivity contribution in [1.82, 2.24) is 5.32 Å². The summed E-state index contributed by atoms with van der Waals surface area (Å²) in [6.07, 6.45) is 2.44. The van der Waals surface area contributed by atoms with Crippen molar-refractivity contribution in [2.24, 2.45) is 0 Å². The average Bonchev–Trinajstić information content (AvgIpc) is 3.21. The van der Waals surface area contributed by atoms with Gasteiger partial charge in [-0.2, -0.15) is 0 Å². The fourth-order valence-corrected chi connectivity index (χ4v) is 3.51. The number of nitrogens with one attached hydrogen (secondary N) is 2. The third kappa shape index (κ3) is 3.42. The number of para-hydroxylation sites is 2. The average molecular weight is 315 g/mol. The zero-order valence-corrected chi connectivity index (χ0v) is 13.5. The van der Waals surface area contributed by atoms with Gasteiger partial charge in [0, 0.05) is 18.0 Å². The number of anilines is 2. The Balaban J connectivity index is 1.66. The minimum atomic E-state index is -0.160. The van der Waals surface area contributed by atoms with Crippen LogP contribution in [-0.4, -0.2) is 19.1 Å². The molecule has 2 heterocycles. The summed E-state index contributed by atoms with van der Waals surface area (Å²) in [6.45, 7) is 4.12. The third-order valence-corrected chi connectivity index (χ3v) is 4.97. The van der Waals surface area contributed by atoms with Gasteiger partial charge in [-0.05, 0) is 43.3 Å². The Morgan fingerprint density at radius 3 is 2.68 bits per heavy atom. The van der Waals surface area contributed by atoms with E-state index < -0.39 is 0 Å². The molecule has 1 atom stereocenters. The summed E-state index contributed by atoms with van der Waals surface area (Å²) >= 11 is 1.65. The molecule has 0 radical (unpaired) electrons.